The summed E-state index contributed by atoms with van der Waals surface area (Å²) in [5.74, 6) is 0. The van der Waals surface area contributed by atoms with E-state index in [1.807, 2.05) is 6.07 Å². The molecule has 0 bridgehead atoms. The van der Waals surface area contributed by atoms with Crippen LogP contribution in [-0.2, 0) is 11.2 Å². The second-order valence-corrected chi connectivity index (χ2v) is 5.71. The van der Waals surface area contributed by atoms with Gasteiger partial charge >= 0.3 is 0 Å². The van der Waals surface area contributed by atoms with E-state index in [-0.39, 0.29) is 6.10 Å². The maximum Gasteiger partial charge on any atom is 0.0931 e. The Hall–Kier alpha value is -0.0900. The molecule has 0 radical (unpaired) electrons. The molecule has 0 aliphatic carbocycles. The van der Waals surface area contributed by atoms with Crippen LogP contribution in [0.3, 0.4) is 0 Å². The topological polar surface area (TPSA) is 21.3 Å². The van der Waals surface area contributed by atoms with Crippen LogP contribution in [0.1, 0.15) is 25.1 Å². The van der Waals surface area contributed by atoms with Gasteiger partial charge in [0, 0.05) is 18.0 Å². The number of nitrogens with one attached hydrogen (secondary N) is 1. The number of rotatable bonds is 7. The van der Waals surface area contributed by atoms with E-state index in [2.05, 4.69) is 25.2 Å². The summed E-state index contributed by atoms with van der Waals surface area (Å²) in [7, 11) is 1.76. The summed E-state index contributed by atoms with van der Waals surface area (Å²) in [6.07, 6.45) is 2.33. The van der Waals surface area contributed by atoms with Gasteiger partial charge in [0.1, 0.15) is 0 Å². The number of halogens is 1. The van der Waals surface area contributed by atoms with E-state index in [9.17, 15) is 0 Å². The molecule has 0 amide bonds. The molecule has 0 aliphatic heterocycles. The first kappa shape index (κ1) is 14.0. The second-order valence-electron chi connectivity index (χ2n) is 3.91. The SMILES string of the molecule is CCCNC(Cc1ccc(Cl)s1)C(C)OC. The molecule has 0 aliphatic rings. The minimum Gasteiger partial charge on any atom is -0.380 e. The van der Waals surface area contributed by atoms with Gasteiger partial charge in [0.2, 0.25) is 0 Å². The van der Waals surface area contributed by atoms with Crippen molar-refractivity contribution in [3.63, 3.8) is 0 Å². The highest BCUT2D eigenvalue weighted by Crippen LogP contribution is 2.23. The molecule has 1 aromatic rings. The van der Waals surface area contributed by atoms with Crippen molar-refractivity contribution in [2.45, 2.75) is 38.8 Å². The monoisotopic (exact) mass is 261 g/mol. The van der Waals surface area contributed by atoms with Gasteiger partial charge in [0.15, 0.2) is 0 Å². The van der Waals surface area contributed by atoms with Crippen LogP contribution in [0.4, 0.5) is 0 Å². The molecule has 0 aromatic carbocycles. The van der Waals surface area contributed by atoms with E-state index in [0.717, 1.165) is 23.7 Å². The zero-order chi connectivity index (χ0) is 12.0. The summed E-state index contributed by atoms with van der Waals surface area (Å²) in [4.78, 5) is 1.31. The Morgan fingerprint density at radius 2 is 2.25 bits per heavy atom. The summed E-state index contributed by atoms with van der Waals surface area (Å²) in [6.45, 7) is 5.30. The van der Waals surface area contributed by atoms with Crippen molar-refractivity contribution in [2.24, 2.45) is 0 Å². The van der Waals surface area contributed by atoms with Crippen LogP contribution in [0, 0.1) is 0 Å². The Morgan fingerprint density at radius 1 is 1.50 bits per heavy atom. The third-order valence-electron chi connectivity index (χ3n) is 2.64. The molecule has 0 spiro atoms. The number of thiophene rings is 1. The Kier molecular flexibility index (Phi) is 6.36. The first-order chi connectivity index (χ1) is 7.67. The number of ether oxygens (including phenoxy) is 1. The molecule has 2 nitrogen and oxygen atoms in total. The van der Waals surface area contributed by atoms with Crippen molar-refractivity contribution >= 4 is 22.9 Å². The lowest BCUT2D eigenvalue weighted by atomic mass is 10.1. The van der Waals surface area contributed by atoms with Crippen LogP contribution in [0.25, 0.3) is 0 Å². The first-order valence-corrected chi connectivity index (χ1v) is 6.87. The molecule has 92 valence electrons. The average molecular weight is 262 g/mol. The Bertz CT molecular complexity index is 303. The second kappa shape index (κ2) is 7.28. The van der Waals surface area contributed by atoms with E-state index < -0.39 is 0 Å². The minimum atomic E-state index is 0.215. The summed E-state index contributed by atoms with van der Waals surface area (Å²) in [6, 6.07) is 4.41. The third-order valence-corrected chi connectivity index (χ3v) is 3.90. The van der Waals surface area contributed by atoms with E-state index in [1.54, 1.807) is 18.4 Å². The molecule has 2 unspecified atom stereocenters. The van der Waals surface area contributed by atoms with Crippen LogP contribution in [0.2, 0.25) is 4.34 Å². The fourth-order valence-electron chi connectivity index (χ4n) is 1.58. The van der Waals surface area contributed by atoms with E-state index in [4.69, 9.17) is 16.3 Å². The van der Waals surface area contributed by atoms with Crippen LogP contribution < -0.4 is 5.32 Å². The Morgan fingerprint density at radius 3 is 2.75 bits per heavy atom. The lowest BCUT2D eigenvalue weighted by Crippen LogP contribution is -2.41. The summed E-state index contributed by atoms with van der Waals surface area (Å²) in [5.41, 5.74) is 0. The van der Waals surface area contributed by atoms with Crippen LogP contribution in [0.5, 0.6) is 0 Å². The van der Waals surface area contributed by atoms with Gasteiger partial charge in [-0.05, 0) is 38.4 Å². The number of methoxy groups -OCH3 is 1. The molecule has 1 aromatic heterocycles. The zero-order valence-corrected chi connectivity index (χ0v) is 11.7. The van der Waals surface area contributed by atoms with Crippen molar-refractivity contribution in [2.75, 3.05) is 13.7 Å². The van der Waals surface area contributed by atoms with E-state index in [1.165, 1.54) is 4.88 Å². The normalized spacial score (nSPS) is 15.0. The van der Waals surface area contributed by atoms with Crippen molar-refractivity contribution in [1.29, 1.82) is 0 Å². The predicted octanol–water partition coefficient (Wildman–Crippen LogP) is 3.35. The number of hydrogen-bond acceptors (Lipinski definition) is 3. The lowest BCUT2D eigenvalue weighted by Gasteiger charge is -2.23. The summed E-state index contributed by atoms with van der Waals surface area (Å²) >= 11 is 7.58. The van der Waals surface area contributed by atoms with Gasteiger partial charge in [-0.15, -0.1) is 11.3 Å². The van der Waals surface area contributed by atoms with Crippen LogP contribution in [-0.4, -0.2) is 25.8 Å². The average Bonchev–Trinajstić information content (AvgIpc) is 2.69. The largest absolute Gasteiger partial charge is 0.380 e. The first-order valence-electron chi connectivity index (χ1n) is 5.67. The molecule has 0 saturated carbocycles. The predicted molar refractivity (Wildman–Crippen MR) is 71.6 cm³/mol. The van der Waals surface area contributed by atoms with Crippen molar-refractivity contribution < 1.29 is 4.74 Å². The van der Waals surface area contributed by atoms with Crippen molar-refractivity contribution in [3.05, 3.63) is 21.3 Å². The quantitative estimate of drug-likeness (QED) is 0.813. The van der Waals surface area contributed by atoms with Gasteiger partial charge in [-0.3, -0.25) is 0 Å². The highest BCUT2D eigenvalue weighted by atomic mass is 35.5. The molecule has 1 heterocycles. The molecule has 0 saturated heterocycles. The van der Waals surface area contributed by atoms with Crippen molar-refractivity contribution in [3.8, 4) is 0 Å². The maximum absolute atomic E-state index is 5.93. The molecule has 4 heteroatoms. The molecule has 1 N–H and O–H groups in total. The molecule has 2 atom stereocenters. The van der Waals surface area contributed by atoms with Gasteiger partial charge in [0.25, 0.3) is 0 Å². The fraction of sp³-hybridized carbons (Fsp3) is 0.667. The Labute approximate surface area is 107 Å². The highest BCUT2D eigenvalue weighted by Gasteiger charge is 2.17. The summed E-state index contributed by atoms with van der Waals surface area (Å²) in [5, 5.41) is 3.52. The van der Waals surface area contributed by atoms with Gasteiger partial charge in [-0.1, -0.05) is 18.5 Å². The molecular weight excluding hydrogens is 242 g/mol. The standard InChI is InChI=1S/C12H20ClNOS/c1-4-7-14-11(9(2)15-3)8-10-5-6-12(13)16-10/h5-6,9,11,14H,4,7-8H2,1-3H3. The van der Waals surface area contributed by atoms with Gasteiger partial charge < -0.3 is 10.1 Å². The minimum absolute atomic E-state index is 0.215. The van der Waals surface area contributed by atoms with Crippen LogP contribution >= 0.6 is 22.9 Å². The Balaban J connectivity index is 2.55. The summed E-state index contributed by atoms with van der Waals surface area (Å²) < 4.78 is 6.25. The smallest absolute Gasteiger partial charge is 0.0931 e. The molecule has 1 rings (SSSR count). The molecule has 16 heavy (non-hydrogen) atoms. The van der Waals surface area contributed by atoms with Crippen molar-refractivity contribution in [1.82, 2.24) is 5.32 Å². The molecule has 0 fully saturated rings. The maximum atomic E-state index is 5.93. The van der Waals surface area contributed by atoms with E-state index in [0.29, 0.717) is 6.04 Å². The zero-order valence-electron chi connectivity index (χ0n) is 10.1. The van der Waals surface area contributed by atoms with Crippen LogP contribution in [0.15, 0.2) is 12.1 Å². The van der Waals surface area contributed by atoms with E-state index >= 15 is 0 Å². The van der Waals surface area contributed by atoms with Gasteiger partial charge in [0.05, 0.1) is 10.4 Å². The third kappa shape index (κ3) is 4.42. The van der Waals surface area contributed by atoms with Gasteiger partial charge in [-0.25, -0.2) is 0 Å². The number of hydrogen-bond donors (Lipinski definition) is 1. The molecular formula is C12H20ClNOS. The lowest BCUT2D eigenvalue weighted by molar-refractivity contribution is 0.0833. The van der Waals surface area contributed by atoms with Gasteiger partial charge in [-0.2, -0.15) is 0 Å². The fourth-order valence-corrected chi connectivity index (χ4v) is 2.72. The highest BCUT2D eigenvalue weighted by molar-refractivity contribution is 7.16.